The fraction of sp³-hybridized carbons (Fsp3) is 0.750. The normalized spacial score (nSPS) is 22.1. The van der Waals surface area contributed by atoms with E-state index in [0.29, 0.717) is 28.9 Å². The highest BCUT2D eigenvalue weighted by Crippen LogP contribution is 2.26. The summed E-state index contributed by atoms with van der Waals surface area (Å²) < 4.78 is 7.43. The number of carbonyl (C=O) groups is 1. The summed E-state index contributed by atoms with van der Waals surface area (Å²) >= 11 is 6.17. The van der Waals surface area contributed by atoms with Crippen LogP contribution in [0.3, 0.4) is 0 Å². The zero-order valence-electron chi connectivity index (χ0n) is 13.9. The quantitative estimate of drug-likeness (QED) is 0.904. The average Bonchev–Trinajstić information content (AvgIpc) is 2.74. The molecule has 0 aromatic carbocycles. The van der Waals surface area contributed by atoms with E-state index in [4.69, 9.17) is 16.3 Å². The van der Waals surface area contributed by atoms with Gasteiger partial charge in [-0.25, -0.2) is 0 Å². The van der Waals surface area contributed by atoms with Crippen molar-refractivity contribution in [1.29, 1.82) is 0 Å². The third-order valence-electron chi connectivity index (χ3n) is 4.60. The lowest BCUT2D eigenvalue weighted by molar-refractivity contribution is -0.0337. The number of ether oxygens (including phenoxy) is 1. The molecule has 1 amide bonds. The minimum atomic E-state index is -0.134. The molecule has 1 aromatic rings. The predicted molar refractivity (Wildman–Crippen MR) is 87.3 cm³/mol. The Bertz CT molecular complexity index is 526. The number of carbonyl (C=O) groups excluding carboxylic acids is 1. The van der Waals surface area contributed by atoms with Crippen molar-refractivity contribution in [1.82, 2.24) is 15.1 Å². The maximum absolute atomic E-state index is 12.5. The summed E-state index contributed by atoms with van der Waals surface area (Å²) in [5.41, 5.74) is 1.14. The van der Waals surface area contributed by atoms with Crippen LogP contribution in [0.2, 0.25) is 5.15 Å². The van der Waals surface area contributed by atoms with Crippen molar-refractivity contribution < 1.29 is 9.53 Å². The first kappa shape index (κ1) is 17.3. The number of amides is 1. The van der Waals surface area contributed by atoms with Crippen molar-refractivity contribution in [3.8, 4) is 0 Å². The van der Waals surface area contributed by atoms with Crippen molar-refractivity contribution in [2.24, 2.45) is 13.0 Å². The Kier molecular flexibility index (Phi) is 5.87. The molecule has 0 radical (unpaired) electrons. The second kappa shape index (κ2) is 7.47. The number of hydrogen-bond acceptors (Lipinski definition) is 3. The second-order valence-corrected chi connectivity index (χ2v) is 6.41. The topological polar surface area (TPSA) is 56.2 Å². The summed E-state index contributed by atoms with van der Waals surface area (Å²) in [7, 11) is 1.74. The number of aromatic nitrogens is 2. The number of nitrogens with zero attached hydrogens (tertiary/aromatic N) is 2. The number of aryl methyl sites for hydroxylation is 2. The van der Waals surface area contributed by atoms with Crippen LogP contribution < -0.4 is 5.32 Å². The van der Waals surface area contributed by atoms with E-state index in [2.05, 4.69) is 24.3 Å². The largest absolute Gasteiger partial charge is 0.378 e. The van der Waals surface area contributed by atoms with E-state index in [1.807, 2.05) is 0 Å². The molecule has 1 aromatic heterocycles. The molecule has 6 heteroatoms. The third-order valence-corrected chi connectivity index (χ3v) is 5.04. The van der Waals surface area contributed by atoms with Gasteiger partial charge in [-0.2, -0.15) is 5.10 Å². The minimum Gasteiger partial charge on any atom is -0.378 e. The molecule has 2 heterocycles. The molecule has 1 fully saturated rings. The Hall–Kier alpha value is -1.07. The van der Waals surface area contributed by atoms with Gasteiger partial charge >= 0.3 is 0 Å². The van der Waals surface area contributed by atoms with Crippen LogP contribution in [0.25, 0.3) is 0 Å². The molecule has 0 saturated carbocycles. The first-order valence-electron chi connectivity index (χ1n) is 8.09. The maximum atomic E-state index is 12.5. The van der Waals surface area contributed by atoms with Crippen LogP contribution in [0, 0.1) is 12.8 Å². The molecule has 22 heavy (non-hydrogen) atoms. The number of nitrogens with one attached hydrogen (secondary N) is 1. The molecule has 5 nitrogen and oxygen atoms in total. The molecule has 0 spiro atoms. The predicted octanol–water partition coefficient (Wildman–Crippen LogP) is 3.10. The van der Waals surface area contributed by atoms with E-state index >= 15 is 0 Å². The van der Waals surface area contributed by atoms with Gasteiger partial charge in [-0.05, 0) is 25.7 Å². The van der Waals surface area contributed by atoms with Gasteiger partial charge in [-0.1, -0.05) is 38.3 Å². The van der Waals surface area contributed by atoms with E-state index in [0.717, 1.165) is 25.7 Å². The molecule has 1 aliphatic rings. The van der Waals surface area contributed by atoms with E-state index in [9.17, 15) is 4.79 Å². The van der Waals surface area contributed by atoms with Crippen molar-refractivity contribution in [2.45, 2.75) is 58.6 Å². The Labute approximate surface area is 137 Å². The molecule has 2 rings (SSSR count). The van der Waals surface area contributed by atoms with E-state index < -0.39 is 0 Å². The average molecular weight is 328 g/mol. The van der Waals surface area contributed by atoms with Gasteiger partial charge in [0.05, 0.1) is 17.4 Å². The highest BCUT2D eigenvalue weighted by molar-refractivity contribution is 6.33. The fourth-order valence-electron chi connectivity index (χ4n) is 3.25. The molecule has 0 unspecified atom stereocenters. The third kappa shape index (κ3) is 3.63. The Morgan fingerprint density at radius 2 is 2.18 bits per heavy atom. The van der Waals surface area contributed by atoms with Crippen LogP contribution in [0.4, 0.5) is 0 Å². The van der Waals surface area contributed by atoms with E-state index in [-0.39, 0.29) is 18.1 Å². The van der Waals surface area contributed by atoms with Gasteiger partial charge in [0.1, 0.15) is 5.15 Å². The highest BCUT2D eigenvalue weighted by atomic mass is 35.5. The molecule has 124 valence electrons. The lowest BCUT2D eigenvalue weighted by Crippen LogP contribution is -2.44. The van der Waals surface area contributed by atoms with Crippen LogP contribution in [0.1, 0.15) is 55.6 Å². The van der Waals surface area contributed by atoms with Gasteiger partial charge in [0, 0.05) is 19.7 Å². The summed E-state index contributed by atoms with van der Waals surface area (Å²) in [5, 5.41) is 7.69. The van der Waals surface area contributed by atoms with Crippen molar-refractivity contribution >= 4 is 17.5 Å². The first-order chi connectivity index (χ1) is 10.5. The Morgan fingerprint density at radius 1 is 1.50 bits per heavy atom. The molecular formula is C16H26ClN3O2. The molecule has 0 aliphatic carbocycles. The SMILES string of the molecule is CCC(CC)[C@H]1C[C@@H](NC(=O)c2c(C)nn(C)c2Cl)CCO1. The molecular weight excluding hydrogens is 302 g/mol. The van der Waals surface area contributed by atoms with Gasteiger partial charge in [0.15, 0.2) is 0 Å². The fourth-order valence-corrected chi connectivity index (χ4v) is 3.51. The van der Waals surface area contributed by atoms with Crippen LogP contribution in [0.5, 0.6) is 0 Å². The second-order valence-electron chi connectivity index (χ2n) is 6.06. The molecule has 1 N–H and O–H groups in total. The van der Waals surface area contributed by atoms with Crippen LogP contribution in [0.15, 0.2) is 0 Å². The van der Waals surface area contributed by atoms with Gasteiger partial charge in [-0.3, -0.25) is 9.48 Å². The number of halogens is 1. The van der Waals surface area contributed by atoms with E-state index in [1.165, 1.54) is 4.68 Å². The van der Waals surface area contributed by atoms with Gasteiger partial charge in [-0.15, -0.1) is 0 Å². The van der Waals surface area contributed by atoms with E-state index in [1.54, 1.807) is 14.0 Å². The Balaban J connectivity index is 2.02. The summed E-state index contributed by atoms with van der Waals surface area (Å²) in [4.78, 5) is 12.5. The van der Waals surface area contributed by atoms with Gasteiger partial charge in [0.25, 0.3) is 5.91 Å². The van der Waals surface area contributed by atoms with Crippen molar-refractivity contribution in [3.63, 3.8) is 0 Å². The molecule has 1 aliphatic heterocycles. The van der Waals surface area contributed by atoms with Gasteiger partial charge in [0.2, 0.25) is 0 Å². The van der Waals surface area contributed by atoms with Crippen molar-refractivity contribution in [3.05, 3.63) is 16.4 Å². The molecule has 1 saturated heterocycles. The zero-order valence-corrected chi connectivity index (χ0v) is 14.6. The summed E-state index contributed by atoms with van der Waals surface area (Å²) in [6.07, 6.45) is 4.17. The van der Waals surface area contributed by atoms with Gasteiger partial charge < -0.3 is 10.1 Å². The molecule has 0 bridgehead atoms. The monoisotopic (exact) mass is 327 g/mol. The summed E-state index contributed by atoms with van der Waals surface area (Å²) in [5.74, 6) is 0.425. The van der Waals surface area contributed by atoms with Crippen LogP contribution in [-0.2, 0) is 11.8 Å². The standard InChI is InChI=1S/C16H26ClN3O2/c1-5-11(6-2)13-9-12(7-8-22-13)18-16(21)14-10(3)19-20(4)15(14)17/h11-13H,5-9H2,1-4H3,(H,18,21)/t12-,13+/m0/s1. The summed E-state index contributed by atoms with van der Waals surface area (Å²) in [6.45, 7) is 6.89. The summed E-state index contributed by atoms with van der Waals surface area (Å²) in [6, 6.07) is 0.141. The van der Waals surface area contributed by atoms with Crippen LogP contribution in [-0.4, -0.2) is 34.4 Å². The maximum Gasteiger partial charge on any atom is 0.256 e. The smallest absolute Gasteiger partial charge is 0.256 e. The minimum absolute atomic E-state index is 0.134. The Morgan fingerprint density at radius 3 is 2.73 bits per heavy atom. The lowest BCUT2D eigenvalue weighted by atomic mass is 9.89. The highest BCUT2D eigenvalue weighted by Gasteiger charge is 2.29. The lowest BCUT2D eigenvalue weighted by Gasteiger charge is -2.34. The number of rotatable bonds is 5. The first-order valence-corrected chi connectivity index (χ1v) is 8.47. The van der Waals surface area contributed by atoms with Crippen LogP contribution >= 0.6 is 11.6 Å². The molecule has 2 atom stereocenters. The zero-order chi connectivity index (χ0) is 16.3. The van der Waals surface area contributed by atoms with Crippen molar-refractivity contribution in [2.75, 3.05) is 6.61 Å². The number of hydrogen-bond donors (Lipinski definition) is 1.